The molecule has 2 aromatic heterocycles. The van der Waals surface area contributed by atoms with E-state index in [1.807, 2.05) is 6.07 Å². The summed E-state index contributed by atoms with van der Waals surface area (Å²) in [5.74, 6) is 1.07. The van der Waals surface area contributed by atoms with Gasteiger partial charge in [-0.05, 0) is 23.8 Å². The van der Waals surface area contributed by atoms with Crippen LogP contribution in [0.2, 0.25) is 5.02 Å². The number of nitrogen functional groups attached to an aromatic ring is 1. The van der Waals surface area contributed by atoms with E-state index in [1.165, 1.54) is 6.20 Å². The molecule has 0 radical (unpaired) electrons. The number of carbonyl (C=O) groups excluding carboxylic acids is 1. The van der Waals surface area contributed by atoms with Gasteiger partial charge in [-0.2, -0.15) is 4.98 Å². The number of carbonyl (C=O) groups is 1. The zero-order chi connectivity index (χ0) is 19.9. The zero-order valence-corrected chi connectivity index (χ0v) is 15.8. The van der Waals surface area contributed by atoms with Gasteiger partial charge in [0, 0.05) is 25.1 Å². The number of anilines is 2. The number of methoxy groups -OCH3 is 1. The number of ether oxygens (including phenoxy) is 1. The molecule has 3 rings (SSSR count). The summed E-state index contributed by atoms with van der Waals surface area (Å²) < 4.78 is 5.14. The summed E-state index contributed by atoms with van der Waals surface area (Å²) in [5.41, 5.74) is 6.81. The van der Waals surface area contributed by atoms with Crippen molar-refractivity contribution in [1.29, 1.82) is 0 Å². The Labute approximate surface area is 166 Å². The van der Waals surface area contributed by atoms with E-state index in [0.717, 1.165) is 5.56 Å². The number of rotatable bonds is 7. The first kappa shape index (κ1) is 19.3. The minimum Gasteiger partial charge on any atom is -0.495 e. The van der Waals surface area contributed by atoms with Crippen molar-refractivity contribution >= 4 is 29.3 Å². The summed E-state index contributed by atoms with van der Waals surface area (Å²) in [4.78, 5) is 28.7. The molecular weight excluding hydrogens is 382 g/mol. The number of nitrogens with one attached hydrogen (secondary N) is 2. The van der Waals surface area contributed by atoms with E-state index in [4.69, 9.17) is 22.1 Å². The smallest absolute Gasteiger partial charge is 0.256 e. The second-order valence-corrected chi connectivity index (χ2v) is 6.07. The van der Waals surface area contributed by atoms with Gasteiger partial charge in [0.1, 0.15) is 23.0 Å². The largest absolute Gasteiger partial charge is 0.495 e. The van der Waals surface area contributed by atoms with Crippen LogP contribution in [-0.4, -0.2) is 33.0 Å². The fourth-order valence-corrected chi connectivity index (χ4v) is 2.66. The highest BCUT2D eigenvalue weighted by atomic mass is 35.5. The number of benzene rings is 1. The highest BCUT2D eigenvalue weighted by Crippen LogP contribution is 2.25. The molecular formula is C18H18ClN7O2. The standard InChI is InChI=1S/C18H18ClN7O2/c1-28-14-4-3-11(7-13(14)19)8-23-16-12(9-25-18(20)26-16)17(27)24-10-15-21-5-2-6-22-15/h2-7,9H,8,10H2,1H3,(H,24,27)(H3,20,23,25,26). The molecule has 0 spiro atoms. The quantitative estimate of drug-likeness (QED) is 0.550. The third kappa shape index (κ3) is 4.83. The van der Waals surface area contributed by atoms with E-state index < -0.39 is 0 Å². The predicted octanol–water partition coefficient (Wildman–Crippen LogP) is 2.05. The van der Waals surface area contributed by atoms with E-state index in [2.05, 4.69) is 30.6 Å². The fourth-order valence-electron chi connectivity index (χ4n) is 2.38. The van der Waals surface area contributed by atoms with Gasteiger partial charge in [-0.25, -0.2) is 15.0 Å². The van der Waals surface area contributed by atoms with Gasteiger partial charge in [0.25, 0.3) is 5.91 Å². The Morgan fingerprint density at radius 3 is 2.71 bits per heavy atom. The first-order valence-electron chi connectivity index (χ1n) is 8.29. The maximum absolute atomic E-state index is 12.5. The van der Waals surface area contributed by atoms with Crippen LogP contribution in [0.1, 0.15) is 21.7 Å². The van der Waals surface area contributed by atoms with Gasteiger partial charge in [0.15, 0.2) is 0 Å². The first-order chi connectivity index (χ1) is 13.6. The van der Waals surface area contributed by atoms with Crippen LogP contribution in [0.4, 0.5) is 11.8 Å². The average Bonchev–Trinajstić information content (AvgIpc) is 2.71. The molecule has 3 aromatic rings. The number of halogens is 1. The average molecular weight is 400 g/mol. The summed E-state index contributed by atoms with van der Waals surface area (Å²) >= 11 is 6.14. The van der Waals surface area contributed by atoms with Gasteiger partial charge in [-0.3, -0.25) is 4.79 Å². The van der Waals surface area contributed by atoms with Gasteiger partial charge in [0.2, 0.25) is 5.95 Å². The topological polar surface area (TPSA) is 128 Å². The maximum atomic E-state index is 12.5. The van der Waals surface area contributed by atoms with E-state index >= 15 is 0 Å². The summed E-state index contributed by atoms with van der Waals surface area (Å²) in [6, 6.07) is 7.09. The Morgan fingerprint density at radius 2 is 2.00 bits per heavy atom. The lowest BCUT2D eigenvalue weighted by Gasteiger charge is -2.12. The molecule has 0 aliphatic heterocycles. The van der Waals surface area contributed by atoms with Crippen molar-refractivity contribution in [3.63, 3.8) is 0 Å². The Bertz CT molecular complexity index is 969. The van der Waals surface area contributed by atoms with Crippen molar-refractivity contribution in [2.45, 2.75) is 13.1 Å². The SMILES string of the molecule is COc1ccc(CNc2nc(N)ncc2C(=O)NCc2ncccn2)cc1Cl. The molecule has 10 heteroatoms. The van der Waals surface area contributed by atoms with Crippen LogP contribution in [0.3, 0.4) is 0 Å². The van der Waals surface area contributed by atoms with Gasteiger partial charge >= 0.3 is 0 Å². The molecule has 4 N–H and O–H groups in total. The molecule has 144 valence electrons. The monoisotopic (exact) mass is 399 g/mol. The highest BCUT2D eigenvalue weighted by Gasteiger charge is 2.15. The Kier molecular flexibility index (Phi) is 6.18. The molecule has 0 unspecified atom stereocenters. The van der Waals surface area contributed by atoms with Gasteiger partial charge < -0.3 is 21.1 Å². The number of amides is 1. The van der Waals surface area contributed by atoms with Crippen LogP contribution in [0.5, 0.6) is 5.75 Å². The molecule has 0 bridgehead atoms. The van der Waals surface area contributed by atoms with Gasteiger partial charge in [-0.15, -0.1) is 0 Å². The first-order valence-corrected chi connectivity index (χ1v) is 8.67. The minimum atomic E-state index is -0.372. The number of hydrogen-bond donors (Lipinski definition) is 3. The van der Waals surface area contributed by atoms with Crippen molar-refractivity contribution < 1.29 is 9.53 Å². The van der Waals surface area contributed by atoms with Gasteiger partial charge in [0.05, 0.1) is 18.7 Å². The summed E-state index contributed by atoms with van der Waals surface area (Å²) in [6.07, 6.45) is 4.58. The Hall–Kier alpha value is -3.46. The molecule has 0 aliphatic carbocycles. The summed E-state index contributed by atoms with van der Waals surface area (Å²) in [7, 11) is 1.55. The second-order valence-electron chi connectivity index (χ2n) is 5.66. The van der Waals surface area contributed by atoms with Crippen LogP contribution in [0.15, 0.2) is 42.9 Å². The summed E-state index contributed by atoms with van der Waals surface area (Å²) in [5, 5.41) is 6.32. The molecule has 0 saturated heterocycles. The van der Waals surface area contributed by atoms with Crippen molar-refractivity contribution in [2.75, 3.05) is 18.2 Å². The minimum absolute atomic E-state index is 0.0539. The Morgan fingerprint density at radius 1 is 1.21 bits per heavy atom. The van der Waals surface area contributed by atoms with Crippen molar-refractivity contribution in [3.8, 4) is 5.75 Å². The third-order valence-corrected chi connectivity index (χ3v) is 4.05. The molecule has 9 nitrogen and oxygen atoms in total. The lowest BCUT2D eigenvalue weighted by molar-refractivity contribution is 0.0950. The van der Waals surface area contributed by atoms with Crippen LogP contribution in [0, 0.1) is 0 Å². The number of aromatic nitrogens is 4. The number of hydrogen-bond acceptors (Lipinski definition) is 8. The maximum Gasteiger partial charge on any atom is 0.256 e. The van der Waals surface area contributed by atoms with E-state index in [-0.39, 0.29) is 24.0 Å². The molecule has 1 amide bonds. The zero-order valence-electron chi connectivity index (χ0n) is 15.0. The molecule has 2 heterocycles. The second kappa shape index (κ2) is 8.96. The van der Waals surface area contributed by atoms with E-state index in [9.17, 15) is 4.79 Å². The molecule has 0 saturated carbocycles. The lowest BCUT2D eigenvalue weighted by atomic mass is 10.2. The third-order valence-electron chi connectivity index (χ3n) is 3.75. The lowest BCUT2D eigenvalue weighted by Crippen LogP contribution is -2.25. The van der Waals surface area contributed by atoms with Gasteiger partial charge in [-0.1, -0.05) is 17.7 Å². The van der Waals surface area contributed by atoms with Crippen LogP contribution >= 0.6 is 11.6 Å². The molecule has 1 aromatic carbocycles. The van der Waals surface area contributed by atoms with Crippen LogP contribution < -0.4 is 21.1 Å². The fraction of sp³-hybridized carbons (Fsp3) is 0.167. The predicted molar refractivity (Wildman–Crippen MR) is 105 cm³/mol. The van der Waals surface area contributed by atoms with Crippen LogP contribution in [-0.2, 0) is 13.1 Å². The van der Waals surface area contributed by atoms with Crippen molar-refractivity contribution in [2.24, 2.45) is 0 Å². The normalized spacial score (nSPS) is 10.4. The van der Waals surface area contributed by atoms with Crippen molar-refractivity contribution in [1.82, 2.24) is 25.3 Å². The highest BCUT2D eigenvalue weighted by molar-refractivity contribution is 6.32. The molecule has 0 fully saturated rings. The van der Waals surface area contributed by atoms with E-state index in [0.29, 0.717) is 29.0 Å². The van der Waals surface area contributed by atoms with Crippen molar-refractivity contribution in [3.05, 3.63) is 64.8 Å². The summed E-state index contributed by atoms with van der Waals surface area (Å²) in [6.45, 7) is 0.555. The molecule has 0 atom stereocenters. The molecule has 0 aliphatic rings. The Balaban J connectivity index is 1.71. The van der Waals surface area contributed by atoms with Crippen LogP contribution in [0.25, 0.3) is 0 Å². The number of nitrogens with zero attached hydrogens (tertiary/aromatic N) is 4. The van der Waals surface area contributed by atoms with E-state index in [1.54, 1.807) is 37.7 Å². The number of nitrogens with two attached hydrogens (primary N) is 1. The molecule has 28 heavy (non-hydrogen) atoms.